The molecular weight excluding hydrogens is 389 g/mol. The number of carbonyl (C=O) groups excluding carboxylic acids is 2. The third-order valence-electron chi connectivity index (χ3n) is 4.59. The van der Waals surface area contributed by atoms with Crippen LogP contribution in [0.15, 0.2) is 42.9 Å². The van der Waals surface area contributed by atoms with Crippen LogP contribution in [0.4, 0.5) is 24.8 Å². The lowest BCUT2D eigenvalue weighted by Gasteiger charge is -2.32. The Hall–Kier alpha value is -3.63. The minimum atomic E-state index is -4.46. The van der Waals surface area contributed by atoms with Gasteiger partial charge in [0.1, 0.15) is 5.69 Å². The van der Waals surface area contributed by atoms with Crippen LogP contribution in [0.3, 0.4) is 0 Å². The van der Waals surface area contributed by atoms with Crippen LogP contribution >= 0.6 is 0 Å². The van der Waals surface area contributed by atoms with Crippen LogP contribution in [-0.2, 0) is 6.18 Å². The Bertz CT molecular complexity index is 1060. The van der Waals surface area contributed by atoms with E-state index in [1.54, 1.807) is 6.92 Å². The van der Waals surface area contributed by atoms with E-state index in [2.05, 4.69) is 20.4 Å². The third kappa shape index (κ3) is 3.35. The molecule has 1 aliphatic rings. The molecule has 0 bridgehead atoms. The van der Waals surface area contributed by atoms with Gasteiger partial charge in [-0.3, -0.25) is 19.6 Å². The summed E-state index contributed by atoms with van der Waals surface area (Å²) in [4.78, 5) is 33.6. The summed E-state index contributed by atoms with van der Waals surface area (Å²) in [7, 11) is 0. The highest BCUT2D eigenvalue weighted by atomic mass is 19.4. The average molecular weight is 404 g/mol. The summed E-state index contributed by atoms with van der Waals surface area (Å²) < 4.78 is 39.9. The lowest BCUT2D eigenvalue weighted by molar-refractivity contribution is -0.137. The molecule has 8 nitrogen and oxygen atoms in total. The van der Waals surface area contributed by atoms with Gasteiger partial charge in [-0.1, -0.05) is 0 Å². The summed E-state index contributed by atoms with van der Waals surface area (Å²) in [5.74, 6) is -0.883. The fourth-order valence-electron chi connectivity index (χ4n) is 3.19. The number of imidazole rings is 1. The van der Waals surface area contributed by atoms with Crippen LogP contribution in [0, 0.1) is 0 Å². The van der Waals surface area contributed by atoms with Crippen LogP contribution < -0.4 is 10.2 Å². The number of fused-ring (bicyclic) bond motifs is 1. The number of alkyl halides is 3. The second-order valence-corrected chi connectivity index (χ2v) is 6.55. The molecule has 0 aliphatic carbocycles. The van der Waals surface area contributed by atoms with Gasteiger partial charge in [-0.15, -0.1) is 0 Å². The Morgan fingerprint density at radius 3 is 2.62 bits per heavy atom. The van der Waals surface area contributed by atoms with Crippen LogP contribution in [0.2, 0.25) is 0 Å². The first-order valence-electron chi connectivity index (χ1n) is 8.63. The monoisotopic (exact) mass is 404 g/mol. The molecule has 0 radical (unpaired) electrons. The van der Waals surface area contributed by atoms with Crippen LogP contribution in [0.5, 0.6) is 0 Å². The highest BCUT2D eigenvalue weighted by molar-refractivity contribution is 6.15. The van der Waals surface area contributed by atoms with Crippen molar-refractivity contribution in [2.75, 3.05) is 16.8 Å². The number of rotatable bonds is 3. The van der Waals surface area contributed by atoms with Gasteiger partial charge >= 0.3 is 6.18 Å². The Labute approximate surface area is 162 Å². The van der Waals surface area contributed by atoms with Crippen molar-refractivity contribution >= 4 is 23.5 Å². The predicted octanol–water partition coefficient (Wildman–Crippen LogP) is 3.10. The molecule has 2 amide bonds. The van der Waals surface area contributed by atoms with Gasteiger partial charge in [-0.25, -0.2) is 4.98 Å². The van der Waals surface area contributed by atoms with Gasteiger partial charge in [-0.2, -0.15) is 18.3 Å². The second-order valence-electron chi connectivity index (χ2n) is 6.55. The van der Waals surface area contributed by atoms with Crippen molar-refractivity contribution in [1.29, 1.82) is 0 Å². The van der Waals surface area contributed by atoms with Gasteiger partial charge < -0.3 is 9.88 Å². The zero-order valence-corrected chi connectivity index (χ0v) is 15.1. The zero-order chi connectivity index (χ0) is 20.8. The van der Waals surface area contributed by atoms with Crippen molar-refractivity contribution in [3.63, 3.8) is 0 Å². The van der Waals surface area contributed by atoms with Gasteiger partial charge in [0, 0.05) is 24.6 Å². The molecule has 150 valence electrons. The SMILES string of the molecule is CC1CN(c2ccc(C(F)(F)F)cc2)C(=O)c2c(C(=O)Nc3ncc[nH]3)cnn21. The van der Waals surface area contributed by atoms with E-state index in [9.17, 15) is 22.8 Å². The molecule has 11 heteroatoms. The fraction of sp³-hybridized carbons (Fsp3) is 0.222. The minimum absolute atomic E-state index is 0.0508. The number of hydrogen-bond acceptors (Lipinski definition) is 4. The number of carbonyl (C=O) groups is 2. The number of amides is 2. The summed E-state index contributed by atoms with van der Waals surface area (Å²) in [6.45, 7) is 2.01. The van der Waals surface area contributed by atoms with E-state index in [-0.39, 0.29) is 29.8 Å². The number of aromatic nitrogens is 4. The fourth-order valence-corrected chi connectivity index (χ4v) is 3.19. The molecule has 0 saturated heterocycles. The number of halogens is 3. The molecule has 4 rings (SSSR count). The maximum absolute atomic E-state index is 13.1. The summed E-state index contributed by atoms with van der Waals surface area (Å²) in [5.41, 5.74) is -0.385. The van der Waals surface area contributed by atoms with E-state index >= 15 is 0 Å². The summed E-state index contributed by atoms with van der Waals surface area (Å²) >= 11 is 0. The number of nitrogens with one attached hydrogen (secondary N) is 2. The molecule has 2 aromatic heterocycles. The van der Waals surface area contributed by atoms with E-state index in [0.29, 0.717) is 5.69 Å². The molecule has 1 unspecified atom stereocenters. The van der Waals surface area contributed by atoms with Crippen molar-refractivity contribution in [3.8, 4) is 0 Å². The highest BCUT2D eigenvalue weighted by Crippen LogP contribution is 2.32. The molecule has 3 aromatic rings. The van der Waals surface area contributed by atoms with Crippen molar-refractivity contribution in [1.82, 2.24) is 19.7 Å². The third-order valence-corrected chi connectivity index (χ3v) is 4.59. The molecule has 29 heavy (non-hydrogen) atoms. The molecular formula is C18H15F3N6O2. The molecule has 2 N–H and O–H groups in total. The van der Waals surface area contributed by atoms with Crippen molar-refractivity contribution in [2.45, 2.75) is 19.1 Å². The zero-order valence-electron chi connectivity index (χ0n) is 15.1. The first kappa shape index (κ1) is 18.7. The Morgan fingerprint density at radius 2 is 2.00 bits per heavy atom. The number of aromatic amines is 1. The quantitative estimate of drug-likeness (QED) is 0.701. The van der Waals surface area contributed by atoms with Gasteiger partial charge in [0.25, 0.3) is 11.8 Å². The first-order chi connectivity index (χ1) is 13.8. The maximum atomic E-state index is 13.1. The average Bonchev–Trinajstić information content (AvgIpc) is 3.34. The summed E-state index contributed by atoms with van der Waals surface area (Å²) in [6, 6.07) is 4.03. The molecule has 3 heterocycles. The van der Waals surface area contributed by atoms with Gasteiger partial charge in [0.05, 0.1) is 23.4 Å². The normalized spacial score (nSPS) is 16.6. The van der Waals surface area contributed by atoms with E-state index in [4.69, 9.17) is 0 Å². The number of hydrogen-bond donors (Lipinski definition) is 2. The minimum Gasteiger partial charge on any atom is -0.331 e. The molecule has 0 saturated carbocycles. The topological polar surface area (TPSA) is 95.9 Å². The van der Waals surface area contributed by atoms with Gasteiger partial charge in [-0.05, 0) is 31.2 Å². The maximum Gasteiger partial charge on any atom is 0.416 e. The van der Waals surface area contributed by atoms with Crippen LogP contribution in [0.25, 0.3) is 0 Å². The molecule has 1 aromatic carbocycles. The lowest BCUT2D eigenvalue weighted by Crippen LogP contribution is -2.43. The largest absolute Gasteiger partial charge is 0.416 e. The van der Waals surface area contributed by atoms with E-state index < -0.39 is 23.6 Å². The Morgan fingerprint density at radius 1 is 1.28 bits per heavy atom. The lowest BCUT2D eigenvalue weighted by atomic mass is 10.1. The van der Waals surface area contributed by atoms with E-state index in [0.717, 1.165) is 12.1 Å². The van der Waals surface area contributed by atoms with Crippen LogP contribution in [-0.4, -0.2) is 38.1 Å². The Kier molecular flexibility index (Phi) is 4.36. The summed E-state index contributed by atoms with van der Waals surface area (Å²) in [5, 5.41) is 6.68. The van der Waals surface area contributed by atoms with Gasteiger partial charge in [0.15, 0.2) is 0 Å². The molecule has 0 fully saturated rings. The van der Waals surface area contributed by atoms with E-state index in [1.165, 1.54) is 40.3 Å². The van der Waals surface area contributed by atoms with Crippen molar-refractivity contribution < 1.29 is 22.8 Å². The van der Waals surface area contributed by atoms with Crippen molar-refractivity contribution in [3.05, 3.63) is 59.7 Å². The van der Waals surface area contributed by atoms with Crippen molar-refractivity contribution in [2.24, 2.45) is 0 Å². The van der Waals surface area contributed by atoms with E-state index in [1.807, 2.05) is 0 Å². The standard InChI is InChI=1S/C18H15F3N6O2/c1-10-9-26(12-4-2-11(3-5-12)18(19,20)21)16(29)14-13(8-24-27(10)14)15(28)25-17-22-6-7-23-17/h2-8,10H,9H2,1H3,(H2,22,23,25,28). The highest BCUT2D eigenvalue weighted by Gasteiger charge is 2.36. The summed E-state index contributed by atoms with van der Waals surface area (Å²) in [6.07, 6.45) is -0.184. The Balaban J connectivity index is 1.66. The van der Waals surface area contributed by atoms with Gasteiger partial charge in [0.2, 0.25) is 5.95 Å². The molecule has 1 atom stereocenters. The number of H-pyrrole nitrogens is 1. The number of benzene rings is 1. The second kappa shape index (κ2) is 6.76. The van der Waals surface area contributed by atoms with Crippen LogP contribution in [0.1, 0.15) is 39.4 Å². The predicted molar refractivity (Wildman–Crippen MR) is 96.6 cm³/mol. The first-order valence-corrected chi connectivity index (χ1v) is 8.63. The molecule has 0 spiro atoms. The number of nitrogens with zero attached hydrogens (tertiary/aromatic N) is 4. The smallest absolute Gasteiger partial charge is 0.331 e. The number of anilines is 2. The molecule has 1 aliphatic heterocycles.